The van der Waals surface area contributed by atoms with Crippen LogP contribution in [0.4, 0.5) is 10.5 Å². The number of ether oxygens (including phenoxy) is 1. The van der Waals surface area contributed by atoms with Gasteiger partial charge in [-0.25, -0.2) is 4.79 Å². The molecule has 1 amide bonds. The van der Waals surface area contributed by atoms with Gasteiger partial charge in [0.1, 0.15) is 6.61 Å². The summed E-state index contributed by atoms with van der Waals surface area (Å²) in [5.41, 5.74) is 1.69. The number of benzene rings is 1. The summed E-state index contributed by atoms with van der Waals surface area (Å²) in [5, 5.41) is 5.78. The molecule has 0 unspecified atom stereocenters. The van der Waals surface area contributed by atoms with E-state index in [1.807, 2.05) is 52.1 Å². The summed E-state index contributed by atoms with van der Waals surface area (Å²) in [6, 6.07) is 7.75. The van der Waals surface area contributed by atoms with Crippen molar-refractivity contribution in [2.45, 2.75) is 32.9 Å². The van der Waals surface area contributed by atoms with Gasteiger partial charge in [0, 0.05) is 18.3 Å². The molecule has 0 saturated heterocycles. The third-order valence-corrected chi connectivity index (χ3v) is 2.06. The third kappa shape index (κ3) is 5.24. The van der Waals surface area contributed by atoms with Crippen LogP contribution in [0.2, 0.25) is 0 Å². The minimum atomic E-state index is -0.396. The summed E-state index contributed by atoms with van der Waals surface area (Å²) in [7, 11) is 1.85. The minimum absolute atomic E-state index is 0.274. The lowest BCUT2D eigenvalue weighted by Gasteiger charge is -2.20. The summed E-state index contributed by atoms with van der Waals surface area (Å²) in [4.78, 5) is 11.4. The second-order valence-corrected chi connectivity index (χ2v) is 4.90. The number of amides is 1. The van der Waals surface area contributed by atoms with E-state index in [4.69, 9.17) is 4.74 Å². The summed E-state index contributed by atoms with van der Waals surface area (Å²) in [6.45, 7) is 6.01. The number of anilines is 1. The molecule has 2 N–H and O–H groups in total. The Bertz CT molecular complexity index is 383. The fourth-order valence-corrected chi connectivity index (χ4v) is 1.31. The molecule has 0 aromatic heterocycles. The van der Waals surface area contributed by atoms with Crippen LogP contribution in [-0.2, 0) is 11.3 Å². The standard InChI is InChI=1S/C13H20N2O2/c1-13(2,3)15-12(16)17-9-10-6-5-7-11(8-10)14-4/h5-8,14H,9H2,1-4H3,(H,15,16). The van der Waals surface area contributed by atoms with E-state index < -0.39 is 6.09 Å². The fourth-order valence-electron chi connectivity index (χ4n) is 1.31. The van der Waals surface area contributed by atoms with Crippen LogP contribution in [0.15, 0.2) is 24.3 Å². The normalized spacial score (nSPS) is 10.8. The molecule has 17 heavy (non-hydrogen) atoms. The van der Waals surface area contributed by atoms with Crippen molar-refractivity contribution in [3.63, 3.8) is 0 Å². The molecule has 0 aliphatic carbocycles. The zero-order chi connectivity index (χ0) is 12.9. The maximum absolute atomic E-state index is 11.4. The highest BCUT2D eigenvalue weighted by Crippen LogP contribution is 2.11. The highest BCUT2D eigenvalue weighted by molar-refractivity contribution is 5.68. The molecule has 0 saturated carbocycles. The van der Waals surface area contributed by atoms with Crippen LogP contribution in [0.25, 0.3) is 0 Å². The van der Waals surface area contributed by atoms with E-state index in [0.29, 0.717) is 0 Å². The SMILES string of the molecule is CNc1cccc(COC(=O)NC(C)(C)C)c1. The lowest BCUT2D eigenvalue weighted by atomic mass is 10.1. The smallest absolute Gasteiger partial charge is 0.407 e. The van der Waals surface area contributed by atoms with Crippen LogP contribution in [0.5, 0.6) is 0 Å². The Labute approximate surface area is 102 Å². The van der Waals surface area contributed by atoms with E-state index in [-0.39, 0.29) is 12.1 Å². The molecule has 0 heterocycles. The van der Waals surface area contributed by atoms with Crippen LogP contribution < -0.4 is 10.6 Å². The van der Waals surface area contributed by atoms with Crippen molar-refractivity contribution in [3.8, 4) is 0 Å². The molecule has 0 aliphatic heterocycles. The Kier molecular flexibility index (Phi) is 4.37. The summed E-state index contributed by atoms with van der Waals surface area (Å²) in [5.74, 6) is 0. The topological polar surface area (TPSA) is 50.4 Å². The first-order valence-electron chi connectivity index (χ1n) is 5.62. The molecule has 1 aromatic carbocycles. The Balaban J connectivity index is 2.47. The lowest BCUT2D eigenvalue weighted by molar-refractivity contribution is 0.131. The van der Waals surface area contributed by atoms with E-state index in [2.05, 4.69) is 10.6 Å². The van der Waals surface area contributed by atoms with E-state index in [9.17, 15) is 4.79 Å². The van der Waals surface area contributed by atoms with E-state index in [1.54, 1.807) is 0 Å². The predicted molar refractivity (Wildman–Crippen MR) is 69.1 cm³/mol. The van der Waals surface area contributed by atoms with Crippen molar-refractivity contribution < 1.29 is 9.53 Å². The maximum Gasteiger partial charge on any atom is 0.407 e. The van der Waals surface area contributed by atoms with Crippen molar-refractivity contribution in [1.29, 1.82) is 0 Å². The highest BCUT2D eigenvalue weighted by Gasteiger charge is 2.14. The van der Waals surface area contributed by atoms with Crippen LogP contribution in [-0.4, -0.2) is 18.7 Å². The van der Waals surface area contributed by atoms with Gasteiger partial charge >= 0.3 is 6.09 Å². The first-order chi connectivity index (χ1) is 7.90. The van der Waals surface area contributed by atoms with Crippen LogP contribution in [0.3, 0.4) is 0 Å². The van der Waals surface area contributed by atoms with E-state index >= 15 is 0 Å². The summed E-state index contributed by atoms with van der Waals surface area (Å²) >= 11 is 0. The quantitative estimate of drug-likeness (QED) is 0.848. The van der Waals surface area contributed by atoms with Crippen molar-refractivity contribution in [1.82, 2.24) is 5.32 Å². The van der Waals surface area contributed by atoms with Gasteiger partial charge in [0.15, 0.2) is 0 Å². The number of alkyl carbamates (subject to hydrolysis) is 1. The van der Waals surface area contributed by atoms with Gasteiger partial charge in [0.25, 0.3) is 0 Å². The molecule has 4 heteroatoms. The van der Waals surface area contributed by atoms with Crippen LogP contribution >= 0.6 is 0 Å². The third-order valence-electron chi connectivity index (χ3n) is 2.06. The van der Waals surface area contributed by atoms with Crippen LogP contribution in [0, 0.1) is 0 Å². The van der Waals surface area contributed by atoms with Crippen LogP contribution in [0.1, 0.15) is 26.3 Å². The fraction of sp³-hybridized carbons (Fsp3) is 0.462. The number of hydrogen-bond donors (Lipinski definition) is 2. The van der Waals surface area contributed by atoms with Crippen molar-refractivity contribution in [3.05, 3.63) is 29.8 Å². The molecular weight excluding hydrogens is 216 g/mol. The molecule has 0 aliphatic rings. The van der Waals surface area contributed by atoms with Gasteiger partial charge in [0.2, 0.25) is 0 Å². The lowest BCUT2D eigenvalue weighted by Crippen LogP contribution is -2.40. The molecule has 0 radical (unpaired) electrons. The molecule has 4 nitrogen and oxygen atoms in total. The van der Waals surface area contributed by atoms with E-state index in [1.165, 1.54) is 0 Å². The number of rotatable bonds is 3. The average molecular weight is 236 g/mol. The van der Waals surface area contributed by atoms with Gasteiger partial charge in [0.05, 0.1) is 0 Å². The van der Waals surface area contributed by atoms with Gasteiger partial charge in [-0.2, -0.15) is 0 Å². The van der Waals surface area contributed by atoms with Gasteiger partial charge in [-0.05, 0) is 38.5 Å². The average Bonchev–Trinajstić information content (AvgIpc) is 2.24. The minimum Gasteiger partial charge on any atom is -0.445 e. The Morgan fingerprint density at radius 1 is 1.35 bits per heavy atom. The second-order valence-electron chi connectivity index (χ2n) is 4.90. The Hall–Kier alpha value is -1.71. The first-order valence-corrected chi connectivity index (χ1v) is 5.62. The molecule has 1 rings (SSSR count). The Morgan fingerprint density at radius 2 is 2.06 bits per heavy atom. The van der Waals surface area contributed by atoms with E-state index in [0.717, 1.165) is 11.3 Å². The van der Waals surface area contributed by atoms with Crippen molar-refractivity contribution >= 4 is 11.8 Å². The summed E-state index contributed by atoms with van der Waals surface area (Å²) < 4.78 is 5.13. The molecule has 0 bridgehead atoms. The predicted octanol–water partition coefficient (Wildman–Crippen LogP) is 2.75. The molecule has 0 atom stereocenters. The largest absolute Gasteiger partial charge is 0.445 e. The zero-order valence-electron chi connectivity index (χ0n) is 10.8. The molecular formula is C13H20N2O2. The number of carbonyl (C=O) groups excluding carboxylic acids is 1. The Morgan fingerprint density at radius 3 is 2.65 bits per heavy atom. The zero-order valence-corrected chi connectivity index (χ0v) is 10.8. The maximum atomic E-state index is 11.4. The monoisotopic (exact) mass is 236 g/mol. The number of hydrogen-bond acceptors (Lipinski definition) is 3. The number of carbonyl (C=O) groups is 1. The molecule has 94 valence electrons. The van der Waals surface area contributed by atoms with Crippen molar-refractivity contribution in [2.75, 3.05) is 12.4 Å². The summed E-state index contributed by atoms with van der Waals surface area (Å²) in [6.07, 6.45) is -0.396. The molecule has 0 fully saturated rings. The molecule has 1 aromatic rings. The highest BCUT2D eigenvalue weighted by atomic mass is 16.5. The molecule has 0 spiro atoms. The van der Waals surface area contributed by atoms with Gasteiger partial charge in [-0.1, -0.05) is 12.1 Å². The van der Waals surface area contributed by atoms with Gasteiger partial charge in [-0.15, -0.1) is 0 Å². The first kappa shape index (κ1) is 13.4. The van der Waals surface area contributed by atoms with Gasteiger partial charge in [-0.3, -0.25) is 0 Å². The van der Waals surface area contributed by atoms with Gasteiger partial charge < -0.3 is 15.4 Å². The second kappa shape index (κ2) is 5.57. The number of nitrogens with one attached hydrogen (secondary N) is 2. The van der Waals surface area contributed by atoms with Crippen molar-refractivity contribution in [2.24, 2.45) is 0 Å².